The second kappa shape index (κ2) is 4.57. The maximum atomic E-state index is 13.7. The summed E-state index contributed by atoms with van der Waals surface area (Å²) in [7, 11) is 1.60. The van der Waals surface area contributed by atoms with Crippen molar-refractivity contribution >= 4 is 10.9 Å². The molecule has 5 heteroatoms. The lowest BCUT2D eigenvalue weighted by atomic mass is 10.1. The van der Waals surface area contributed by atoms with E-state index in [0.29, 0.717) is 11.3 Å². The summed E-state index contributed by atoms with van der Waals surface area (Å²) in [6.45, 7) is 3.29. The number of nitrogens with zero attached hydrogens (tertiary/aromatic N) is 2. The zero-order valence-corrected chi connectivity index (χ0v) is 10.4. The SMILES string of the molecule is COc1ccc(F)c2[nH]nc(CCN3CCC3)c12. The molecule has 1 aliphatic rings. The van der Waals surface area contributed by atoms with Gasteiger partial charge in [0, 0.05) is 13.0 Å². The highest BCUT2D eigenvalue weighted by molar-refractivity contribution is 5.88. The van der Waals surface area contributed by atoms with Crippen LogP contribution in [0, 0.1) is 5.82 Å². The van der Waals surface area contributed by atoms with E-state index < -0.39 is 0 Å². The second-order valence-corrected chi connectivity index (χ2v) is 4.62. The van der Waals surface area contributed by atoms with Gasteiger partial charge in [-0.05, 0) is 31.6 Å². The van der Waals surface area contributed by atoms with Crippen molar-refractivity contribution in [2.75, 3.05) is 26.7 Å². The van der Waals surface area contributed by atoms with E-state index in [4.69, 9.17) is 4.74 Å². The summed E-state index contributed by atoms with van der Waals surface area (Å²) in [5, 5.41) is 7.77. The van der Waals surface area contributed by atoms with Crippen LogP contribution in [-0.2, 0) is 6.42 Å². The number of fused-ring (bicyclic) bond motifs is 1. The van der Waals surface area contributed by atoms with Crippen LogP contribution in [0.4, 0.5) is 4.39 Å². The Morgan fingerprint density at radius 2 is 2.28 bits per heavy atom. The molecule has 1 saturated heterocycles. The highest BCUT2D eigenvalue weighted by Crippen LogP contribution is 2.29. The molecule has 0 spiro atoms. The van der Waals surface area contributed by atoms with Crippen LogP contribution in [0.1, 0.15) is 12.1 Å². The highest BCUT2D eigenvalue weighted by atomic mass is 19.1. The quantitative estimate of drug-likeness (QED) is 0.900. The molecule has 0 aliphatic carbocycles. The summed E-state index contributed by atoms with van der Waals surface area (Å²) in [4.78, 5) is 2.37. The van der Waals surface area contributed by atoms with E-state index in [1.54, 1.807) is 13.2 Å². The van der Waals surface area contributed by atoms with Gasteiger partial charge in [0.05, 0.1) is 18.2 Å². The van der Waals surface area contributed by atoms with Crippen LogP contribution in [0.25, 0.3) is 10.9 Å². The van der Waals surface area contributed by atoms with Gasteiger partial charge in [0.2, 0.25) is 0 Å². The van der Waals surface area contributed by atoms with Crippen LogP contribution in [0.3, 0.4) is 0 Å². The van der Waals surface area contributed by atoms with Crippen molar-refractivity contribution in [3.05, 3.63) is 23.6 Å². The lowest BCUT2D eigenvalue weighted by molar-refractivity contribution is 0.183. The van der Waals surface area contributed by atoms with Crippen LogP contribution >= 0.6 is 0 Å². The third-order valence-electron chi connectivity index (χ3n) is 3.54. The van der Waals surface area contributed by atoms with E-state index in [1.165, 1.54) is 12.5 Å². The average Bonchev–Trinajstić information content (AvgIpc) is 2.73. The number of likely N-dealkylation sites (tertiary alicyclic amines) is 1. The molecule has 0 unspecified atom stereocenters. The summed E-state index contributed by atoms with van der Waals surface area (Å²) < 4.78 is 18.9. The van der Waals surface area contributed by atoms with Crippen molar-refractivity contribution < 1.29 is 9.13 Å². The minimum Gasteiger partial charge on any atom is -0.496 e. The molecule has 0 radical (unpaired) electrons. The summed E-state index contributed by atoms with van der Waals surface area (Å²) in [6.07, 6.45) is 2.10. The molecule has 0 atom stereocenters. The number of nitrogens with one attached hydrogen (secondary N) is 1. The predicted octanol–water partition coefficient (Wildman–Crippen LogP) is 1.96. The Morgan fingerprint density at radius 3 is 2.94 bits per heavy atom. The number of hydrogen-bond donors (Lipinski definition) is 1. The molecule has 2 aromatic rings. The topological polar surface area (TPSA) is 41.1 Å². The molecule has 0 saturated carbocycles. The van der Waals surface area contributed by atoms with Crippen LogP contribution in [0.2, 0.25) is 0 Å². The van der Waals surface area contributed by atoms with Crippen molar-refractivity contribution in [1.82, 2.24) is 15.1 Å². The Bertz CT molecular complexity index is 563. The monoisotopic (exact) mass is 249 g/mol. The molecule has 1 N–H and O–H groups in total. The molecule has 1 aromatic carbocycles. The fourth-order valence-electron chi connectivity index (χ4n) is 2.35. The summed E-state index contributed by atoms with van der Waals surface area (Å²) >= 11 is 0. The third-order valence-corrected chi connectivity index (χ3v) is 3.54. The number of methoxy groups -OCH3 is 1. The predicted molar refractivity (Wildman–Crippen MR) is 67.4 cm³/mol. The zero-order valence-electron chi connectivity index (χ0n) is 10.4. The first-order valence-corrected chi connectivity index (χ1v) is 6.21. The molecule has 1 aliphatic heterocycles. The largest absolute Gasteiger partial charge is 0.496 e. The Balaban J connectivity index is 1.93. The molecule has 18 heavy (non-hydrogen) atoms. The number of halogens is 1. The van der Waals surface area contributed by atoms with Gasteiger partial charge >= 0.3 is 0 Å². The Kier molecular flexibility index (Phi) is 2.91. The van der Waals surface area contributed by atoms with Gasteiger partial charge in [0.1, 0.15) is 17.1 Å². The summed E-state index contributed by atoms with van der Waals surface area (Å²) in [5.41, 5.74) is 1.32. The first kappa shape index (κ1) is 11.5. The maximum Gasteiger partial charge on any atom is 0.149 e. The number of aromatic nitrogens is 2. The summed E-state index contributed by atoms with van der Waals surface area (Å²) in [5.74, 6) is 0.396. The van der Waals surface area contributed by atoms with Crippen LogP contribution in [0.5, 0.6) is 5.75 Å². The van der Waals surface area contributed by atoms with E-state index in [2.05, 4.69) is 15.1 Å². The maximum absolute atomic E-state index is 13.7. The van der Waals surface area contributed by atoms with Gasteiger partial charge in [-0.15, -0.1) is 0 Å². The van der Waals surface area contributed by atoms with Crippen molar-refractivity contribution in [1.29, 1.82) is 0 Å². The van der Waals surface area contributed by atoms with Crippen molar-refractivity contribution in [3.8, 4) is 5.75 Å². The fourth-order valence-corrected chi connectivity index (χ4v) is 2.35. The smallest absolute Gasteiger partial charge is 0.149 e. The number of benzene rings is 1. The van der Waals surface area contributed by atoms with Gasteiger partial charge in [0.25, 0.3) is 0 Å². The molecular weight excluding hydrogens is 233 g/mol. The van der Waals surface area contributed by atoms with E-state index in [-0.39, 0.29) is 5.82 Å². The van der Waals surface area contributed by atoms with Gasteiger partial charge < -0.3 is 9.64 Å². The number of H-pyrrole nitrogens is 1. The van der Waals surface area contributed by atoms with Crippen molar-refractivity contribution in [2.45, 2.75) is 12.8 Å². The van der Waals surface area contributed by atoms with E-state index in [9.17, 15) is 4.39 Å². The second-order valence-electron chi connectivity index (χ2n) is 4.62. The Hall–Kier alpha value is -1.62. The van der Waals surface area contributed by atoms with Crippen LogP contribution in [-0.4, -0.2) is 41.8 Å². The minimum atomic E-state index is -0.284. The normalized spacial score (nSPS) is 15.9. The van der Waals surface area contributed by atoms with Gasteiger partial charge in [-0.3, -0.25) is 5.10 Å². The first-order valence-electron chi connectivity index (χ1n) is 6.21. The molecule has 0 bridgehead atoms. The molecule has 4 nitrogen and oxygen atoms in total. The molecular formula is C13H16FN3O. The van der Waals surface area contributed by atoms with Gasteiger partial charge in [-0.1, -0.05) is 0 Å². The third kappa shape index (κ3) is 1.84. The standard InChI is InChI=1S/C13H16FN3O/c1-18-11-4-3-9(14)13-12(11)10(15-16-13)5-8-17-6-2-7-17/h3-4H,2,5-8H2,1H3,(H,15,16). The molecule has 1 fully saturated rings. The number of hydrogen-bond acceptors (Lipinski definition) is 3. The minimum absolute atomic E-state index is 0.284. The molecule has 0 amide bonds. The van der Waals surface area contributed by atoms with Gasteiger partial charge in [-0.2, -0.15) is 5.10 Å². The molecule has 96 valence electrons. The van der Waals surface area contributed by atoms with Crippen LogP contribution < -0.4 is 4.74 Å². The zero-order chi connectivity index (χ0) is 12.5. The Morgan fingerprint density at radius 1 is 1.44 bits per heavy atom. The fraction of sp³-hybridized carbons (Fsp3) is 0.462. The number of rotatable bonds is 4. The van der Waals surface area contributed by atoms with E-state index in [1.807, 2.05) is 0 Å². The van der Waals surface area contributed by atoms with E-state index in [0.717, 1.165) is 37.1 Å². The van der Waals surface area contributed by atoms with Crippen LogP contribution in [0.15, 0.2) is 12.1 Å². The summed E-state index contributed by atoms with van der Waals surface area (Å²) in [6, 6.07) is 3.05. The molecule has 2 heterocycles. The van der Waals surface area contributed by atoms with Gasteiger partial charge in [0.15, 0.2) is 0 Å². The van der Waals surface area contributed by atoms with E-state index >= 15 is 0 Å². The highest BCUT2D eigenvalue weighted by Gasteiger charge is 2.17. The average molecular weight is 249 g/mol. The van der Waals surface area contributed by atoms with Crippen molar-refractivity contribution in [3.63, 3.8) is 0 Å². The van der Waals surface area contributed by atoms with Crippen molar-refractivity contribution in [2.24, 2.45) is 0 Å². The lowest BCUT2D eigenvalue weighted by Crippen LogP contribution is -2.38. The molecule has 1 aromatic heterocycles. The Labute approximate surface area is 105 Å². The van der Waals surface area contributed by atoms with Gasteiger partial charge in [-0.25, -0.2) is 4.39 Å². The molecule has 3 rings (SSSR count). The first-order chi connectivity index (χ1) is 8.79. The number of aromatic amines is 1. The number of ether oxygens (including phenoxy) is 1. The lowest BCUT2D eigenvalue weighted by Gasteiger charge is -2.30.